The standard InChI is InChI=1S/C22H27N3O3/c1-14(2)21(23)22(27)25-13-20(26)24-12-15-3-5-16(6-4-15)17-7-8-19-18(11-17)9-10-28-19/h3-8,11,14,21H,9-10,12-13,23H2,1-2H3,(H,24,26)(H,25,27)/t21-/m0/s1. The van der Waals surface area contributed by atoms with Crippen LogP contribution < -0.4 is 21.1 Å². The Morgan fingerprint density at radius 3 is 2.50 bits per heavy atom. The zero-order chi connectivity index (χ0) is 20.1. The molecule has 0 aromatic heterocycles. The van der Waals surface area contributed by atoms with Gasteiger partial charge < -0.3 is 21.1 Å². The summed E-state index contributed by atoms with van der Waals surface area (Å²) in [5.74, 6) is 0.450. The number of rotatable bonds is 7. The van der Waals surface area contributed by atoms with E-state index in [1.165, 1.54) is 5.56 Å². The lowest BCUT2D eigenvalue weighted by molar-refractivity contribution is -0.127. The highest BCUT2D eigenvalue weighted by atomic mass is 16.5. The molecule has 0 saturated heterocycles. The molecule has 1 atom stereocenters. The predicted octanol–water partition coefficient (Wildman–Crippen LogP) is 2.00. The van der Waals surface area contributed by atoms with Gasteiger partial charge in [-0.05, 0) is 40.3 Å². The Bertz CT molecular complexity index is 847. The van der Waals surface area contributed by atoms with E-state index in [1.807, 2.05) is 44.2 Å². The molecular formula is C22H27N3O3. The number of carbonyl (C=O) groups excluding carboxylic acids is 2. The summed E-state index contributed by atoms with van der Waals surface area (Å²) in [6, 6.07) is 13.7. The smallest absolute Gasteiger partial charge is 0.239 e. The minimum atomic E-state index is -0.605. The second-order valence-electron chi connectivity index (χ2n) is 7.38. The van der Waals surface area contributed by atoms with Crippen molar-refractivity contribution < 1.29 is 14.3 Å². The Labute approximate surface area is 165 Å². The summed E-state index contributed by atoms with van der Waals surface area (Å²) in [5.41, 5.74) is 10.3. The van der Waals surface area contributed by atoms with Crippen LogP contribution in [0.2, 0.25) is 0 Å². The zero-order valence-corrected chi connectivity index (χ0v) is 16.3. The van der Waals surface area contributed by atoms with Crippen molar-refractivity contribution >= 4 is 11.8 Å². The maximum absolute atomic E-state index is 11.9. The summed E-state index contributed by atoms with van der Waals surface area (Å²) in [7, 11) is 0. The lowest BCUT2D eigenvalue weighted by atomic mass is 10.0. The third kappa shape index (κ3) is 4.89. The molecule has 0 spiro atoms. The number of hydrogen-bond acceptors (Lipinski definition) is 4. The minimum Gasteiger partial charge on any atom is -0.493 e. The fraction of sp³-hybridized carbons (Fsp3) is 0.364. The topological polar surface area (TPSA) is 93.5 Å². The highest BCUT2D eigenvalue weighted by Crippen LogP contribution is 2.30. The molecule has 2 aromatic carbocycles. The summed E-state index contributed by atoms with van der Waals surface area (Å²) >= 11 is 0. The van der Waals surface area contributed by atoms with E-state index in [-0.39, 0.29) is 24.3 Å². The average Bonchev–Trinajstić information content (AvgIpc) is 3.18. The van der Waals surface area contributed by atoms with Crippen LogP contribution in [0.4, 0.5) is 0 Å². The normalized spacial score (nSPS) is 13.6. The fourth-order valence-electron chi connectivity index (χ4n) is 3.03. The van der Waals surface area contributed by atoms with Crippen LogP contribution in [0.25, 0.3) is 11.1 Å². The number of fused-ring (bicyclic) bond motifs is 1. The molecule has 1 aliphatic rings. The van der Waals surface area contributed by atoms with Gasteiger partial charge in [-0.15, -0.1) is 0 Å². The van der Waals surface area contributed by atoms with Gasteiger partial charge in [0.1, 0.15) is 5.75 Å². The van der Waals surface area contributed by atoms with E-state index in [4.69, 9.17) is 10.5 Å². The summed E-state index contributed by atoms with van der Waals surface area (Å²) in [4.78, 5) is 23.7. The average molecular weight is 381 g/mol. The molecule has 2 aromatic rings. The fourth-order valence-corrected chi connectivity index (χ4v) is 3.03. The van der Waals surface area contributed by atoms with Crippen LogP contribution in [-0.4, -0.2) is 31.0 Å². The van der Waals surface area contributed by atoms with Gasteiger partial charge in [-0.3, -0.25) is 9.59 Å². The Morgan fingerprint density at radius 1 is 1.07 bits per heavy atom. The van der Waals surface area contributed by atoms with E-state index in [9.17, 15) is 9.59 Å². The molecule has 148 valence electrons. The molecule has 0 radical (unpaired) electrons. The number of amides is 2. The van der Waals surface area contributed by atoms with Crippen LogP contribution in [0.3, 0.4) is 0 Å². The molecule has 4 N–H and O–H groups in total. The first-order chi connectivity index (χ1) is 13.4. The largest absolute Gasteiger partial charge is 0.493 e. The van der Waals surface area contributed by atoms with Gasteiger partial charge in [0.2, 0.25) is 11.8 Å². The van der Waals surface area contributed by atoms with Crippen LogP contribution >= 0.6 is 0 Å². The molecule has 0 unspecified atom stereocenters. The highest BCUT2D eigenvalue weighted by Gasteiger charge is 2.17. The van der Waals surface area contributed by atoms with Crippen molar-refractivity contribution in [2.75, 3.05) is 13.2 Å². The van der Waals surface area contributed by atoms with Crippen molar-refractivity contribution in [3.05, 3.63) is 53.6 Å². The lowest BCUT2D eigenvalue weighted by Gasteiger charge is -2.15. The molecular weight excluding hydrogens is 354 g/mol. The van der Waals surface area contributed by atoms with Crippen molar-refractivity contribution in [2.24, 2.45) is 11.7 Å². The number of nitrogens with one attached hydrogen (secondary N) is 2. The van der Waals surface area contributed by atoms with E-state index in [0.717, 1.165) is 35.5 Å². The molecule has 6 heteroatoms. The van der Waals surface area contributed by atoms with Gasteiger partial charge in [0.15, 0.2) is 0 Å². The molecule has 3 rings (SSSR count). The summed E-state index contributed by atoms with van der Waals surface area (Å²) in [5, 5.41) is 5.37. The van der Waals surface area contributed by atoms with E-state index in [0.29, 0.717) is 6.54 Å². The SMILES string of the molecule is CC(C)[C@H](N)C(=O)NCC(=O)NCc1ccc(-c2ccc3c(c2)CCO3)cc1. The molecule has 28 heavy (non-hydrogen) atoms. The molecule has 2 amide bonds. The Kier molecular flexibility index (Phi) is 6.31. The van der Waals surface area contributed by atoms with Crippen LogP contribution in [0.1, 0.15) is 25.0 Å². The maximum atomic E-state index is 11.9. The Balaban J connectivity index is 1.49. The first kappa shape index (κ1) is 19.9. The molecule has 0 bridgehead atoms. The second-order valence-corrected chi connectivity index (χ2v) is 7.38. The van der Waals surface area contributed by atoms with Gasteiger partial charge >= 0.3 is 0 Å². The summed E-state index contributed by atoms with van der Waals surface area (Å²) in [6.07, 6.45) is 0.950. The van der Waals surface area contributed by atoms with E-state index in [1.54, 1.807) is 0 Å². The van der Waals surface area contributed by atoms with E-state index >= 15 is 0 Å². The second kappa shape index (κ2) is 8.89. The number of hydrogen-bond donors (Lipinski definition) is 3. The first-order valence-corrected chi connectivity index (χ1v) is 9.59. The van der Waals surface area contributed by atoms with Crippen LogP contribution in [0, 0.1) is 5.92 Å². The van der Waals surface area contributed by atoms with Crippen molar-refractivity contribution in [1.82, 2.24) is 10.6 Å². The zero-order valence-electron chi connectivity index (χ0n) is 16.3. The van der Waals surface area contributed by atoms with Gasteiger partial charge in [0.05, 0.1) is 19.2 Å². The van der Waals surface area contributed by atoms with E-state index in [2.05, 4.69) is 22.8 Å². The number of nitrogens with two attached hydrogens (primary N) is 1. The monoisotopic (exact) mass is 381 g/mol. The third-order valence-electron chi connectivity index (χ3n) is 4.91. The van der Waals surface area contributed by atoms with Gasteiger partial charge in [-0.2, -0.15) is 0 Å². The molecule has 0 aliphatic carbocycles. The van der Waals surface area contributed by atoms with Crippen LogP contribution in [0.5, 0.6) is 5.75 Å². The van der Waals surface area contributed by atoms with Crippen molar-refractivity contribution in [3.8, 4) is 16.9 Å². The maximum Gasteiger partial charge on any atom is 0.239 e. The van der Waals surface area contributed by atoms with E-state index < -0.39 is 6.04 Å². The molecule has 1 aliphatic heterocycles. The summed E-state index contributed by atoms with van der Waals surface area (Å²) in [6.45, 7) is 4.81. The van der Waals surface area contributed by atoms with Gasteiger partial charge in [-0.1, -0.05) is 44.2 Å². The molecule has 1 heterocycles. The van der Waals surface area contributed by atoms with Crippen molar-refractivity contribution in [1.29, 1.82) is 0 Å². The molecule has 0 fully saturated rings. The number of benzene rings is 2. The Hall–Kier alpha value is -2.86. The van der Waals surface area contributed by atoms with Gasteiger partial charge in [0.25, 0.3) is 0 Å². The highest BCUT2D eigenvalue weighted by molar-refractivity contribution is 5.87. The quantitative estimate of drug-likeness (QED) is 0.684. The Morgan fingerprint density at radius 2 is 1.79 bits per heavy atom. The molecule has 0 saturated carbocycles. The minimum absolute atomic E-state index is 0.0276. The molecule has 6 nitrogen and oxygen atoms in total. The lowest BCUT2D eigenvalue weighted by Crippen LogP contribution is -2.47. The van der Waals surface area contributed by atoms with Crippen LogP contribution in [0.15, 0.2) is 42.5 Å². The van der Waals surface area contributed by atoms with Crippen LogP contribution in [-0.2, 0) is 22.6 Å². The van der Waals surface area contributed by atoms with Gasteiger partial charge in [-0.25, -0.2) is 0 Å². The van der Waals surface area contributed by atoms with Gasteiger partial charge in [0, 0.05) is 13.0 Å². The summed E-state index contributed by atoms with van der Waals surface area (Å²) < 4.78 is 5.55. The third-order valence-corrected chi connectivity index (χ3v) is 4.91. The first-order valence-electron chi connectivity index (χ1n) is 9.59. The van der Waals surface area contributed by atoms with Crippen molar-refractivity contribution in [2.45, 2.75) is 32.9 Å². The van der Waals surface area contributed by atoms with Crippen molar-refractivity contribution in [3.63, 3.8) is 0 Å². The number of carbonyl (C=O) groups is 2. The predicted molar refractivity (Wildman–Crippen MR) is 109 cm³/mol. The number of ether oxygens (including phenoxy) is 1.